The molecule has 174 valence electrons. The molecule has 3 aromatic carbocycles. The summed E-state index contributed by atoms with van der Waals surface area (Å²) >= 11 is 0. The molecule has 0 bridgehead atoms. The number of anilines is 2. The zero-order valence-corrected chi connectivity index (χ0v) is 19.4. The maximum Gasteiger partial charge on any atom is 0.270 e. The highest BCUT2D eigenvalue weighted by atomic mass is 16.6. The summed E-state index contributed by atoms with van der Waals surface area (Å²) in [5.74, 6) is -0.455. The number of para-hydroxylation sites is 2. The summed E-state index contributed by atoms with van der Waals surface area (Å²) in [6, 6.07) is 22.3. The van der Waals surface area contributed by atoms with E-state index in [0.29, 0.717) is 12.1 Å². The highest BCUT2D eigenvalue weighted by molar-refractivity contribution is 6.07. The van der Waals surface area contributed by atoms with Gasteiger partial charge in [0, 0.05) is 41.0 Å². The van der Waals surface area contributed by atoms with Gasteiger partial charge in [-0.2, -0.15) is 0 Å². The lowest BCUT2D eigenvalue weighted by molar-refractivity contribution is -0.384. The van der Waals surface area contributed by atoms with Crippen molar-refractivity contribution in [3.05, 3.63) is 100 Å². The summed E-state index contributed by atoms with van der Waals surface area (Å²) in [6.07, 6.45) is 0.533. The van der Waals surface area contributed by atoms with Crippen molar-refractivity contribution in [3.63, 3.8) is 0 Å². The number of nitro groups is 1. The Kier molecular flexibility index (Phi) is 6.45. The number of hydrogen-bond donors (Lipinski definition) is 0. The van der Waals surface area contributed by atoms with Gasteiger partial charge in [0.2, 0.25) is 5.91 Å². The number of rotatable bonds is 5. The first-order valence-corrected chi connectivity index (χ1v) is 11.3. The van der Waals surface area contributed by atoms with Gasteiger partial charge in [-0.05, 0) is 43.2 Å². The van der Waals surface area contributed by atoms with Gasteiger partial charge in [-0.3, -0.25) is 19.7 Å². The second-order valence-electron chi connectivity index (χ2n) is 8.84. The topological polar surface area (TPSA) is 83.8 Å². The normalized spacial score (nSPS) is 17.2. The number of hydrogen-bond acceptors (Lipinski definition) is 4. The third kappa shape index (κ3) is 4.29. The van der Waals surface area contributed by atoms with E-state index in [1.165, 1.54) is 18.2 Å². The Balaban J connectivity index is 1.85. The van der Waals surface area contributed by atoms with Crippen molar-refractivity contribution in [2.75, 3.05) is 9.80 Å². The van der Waals surface area contributed by atoms with Crippen LogP contribution in [-0.2, 0) is 4.79 Å². The first-order chi connectivity index (χ1) is 16.3. The van der Waals surface area contributed by atoms with Crippen LogP contribution in [0.25, 0.3) is 0 Å². The molecule has 0 radical (unpaired) electrons. The van der Waals surface area contributed by atoms with Crippen LogP contribution in [0.15, 0.2) is 78.9 Å². The predicted octanol–water partition coefficient (Wildman–Crippen LogP) is 5.76. The molecule has 4 rings (SSSR count). The average molecular weight is 458 g/mol. The molecule has 0 fully saturated rings. The molecule has 0 aromatic heterocycles. The minimum atomic E-state index is -0.503. The molecule has 2 amide bonds. The van der Waals surface area contributed by atoms with Gasteiger partial charge < -0.3 is 9.80 Å². The molecule has 0 saturated carbocycles. The van der Waals surface area contributed by atoms with Gasteiger partial charge in [0.05, 0.1) is 11.0 Å². The van der Waals surface area contributed by atoms with Crippen LogP contribution in [-0.4, -0.2) is 22.8 Å². The van der Waals surface area contributed by atoms with E-state index >= 15 is 0 Å². The predicted molar refractivity (Wildman–Crippen MR) is 132 cm³/mol. The van der Waals surface area contributed by atoms with Crippen molar-refractivity contribution in [2.45, 2.75) is 39.3 Å². The number of nitrogens with zero attached hydrogens (tertiary/aromatic N) is 3. The molecule has 0 aliphatic carbocycles. The summed E-state index contributed by atoms with van der Waals surface area (Å²) in [5, 5.41) is 11.3. The molecule has 3 aromatic rings. The van der Waals surface area contributed by atoms with Gasteiger partial charge in [-0.1, -0.05) is 56.3 Å². The molecule has 0 N–H and O–H groups in total. The van der Waals surface area contributed by atoms with Crippen LogP contribution in [0.5, 0.6) is 0 Å². The smallest absolute Gasteiger partial charge is 0.270 e. The van der Waals surface area contributed by atoms with Gasteiger partial charge in [-0.25, -0.2) is 0 Å². The van der Waals surface area contributed by atoms with Crippen LogP contribution < -0.4 is 9.80 Å². The summed E-state index contributed by atoms with van der Waals surface area (Å²) in [5.41, 5.74) is 2.46. The van der Waals surface area contributed by atoms with Gasteiger partial charge in [0.1, 0.15) is 0 Å². The molecule has 0 saturated heterocycles. The Morgan fingerprint density at radius 3 is 2.35 bits per heavy atom. The van der Waals surface area contributed by atoms with Crippen LogP contribution in [0.2, 0.25) is 0 Å². The number of benzene rings is 3. The summed E-state index contributed by atoms with van der Waals surface area (Å²) in [7, 11) is 0. The number of amides is 2. The largest absolute Gasteiger partial charge is 0.309 e. The Morgan fingerprint density at radius 1 is 1.00 bits per heavy atom. The van der Waals surface area contributed by atoms with Crippen LogP contribution in [0.1, 0.15) is 49.2 Å². The third-order valence-corrected chi connectivity index (χ3v) is 6.16. The minimum absolute atomic E-state index is 0.0367. The highest BCUT2D eigenvalue weighted by Gasteiger charge is 2.39. The van der Waals surface area contributed by atoms with Crippen LogP contribution in [0, 0.1) is 16.0 Å². The monoisotopic (exact) mass is 457 g/mol. The Labute approximate surface area is 198 Å². The van der Waals surface area contributed by atoms with Gasteiger partial charge in [0.25, 0.3) is 11.6 Å². The highest BCUT2D eigenvalue weighted by Crippen LogP contribution is 2.43. The Morgan fingerprint density at radius 2 is 1.68 bits per heavy atom. The molecule has 2 atom stereocenters. The van der Waals surface area contributed by atoms with Crippen molar-refractivity contribution in [1.82, 2.24) is 0 Å². The number of carbonyl (C=O) groups excluding carboxylic acids is 2. The standard InChI is InChI=1S/C27H27N3O4/c1-18(2)26(31)28-19(3)16-25(23-14-7-8-15-24(23)28)29(21-11-5-4-6-12-21)27(32)20-10-9-13-22(17-20)30(33)34/h4-15,17-19,25H,16H2,1-3H3/t19-,25-/m0/s1. The maximum absolute atomic E-state index is 13.9. The van der Waals surface area contributed by atoms with Crippen molar-refractivity contribution in [3.8, 4) is 0 Å². The molecule has 7 nitrogen and oxygen atoms in total. The second kappa shape index (κ2) is 9.47. The van der Waals surface area contributed by atoms with Crippen molar-refractivity contribution >= 4 is 28.9 Å². The fourth-order valence-corrected chi connectivity index (χ4v) is 4.56. The second-order valence-corrected chi connectivity index (χ2v) is 8.84. The molecule has 1 aliphatic rings. The van der Waals surface area contributed by atoms with Gasteiger partial charge in [-0.15, -0.1) is 0 Å². The van der Waals surface area contributed by atoms with Crippen LogP contribution in [0.3, 0.4) is 0 Å². The number of nitro benzene ring substituents is 1. The molecule has 34 heavy (non-hydrogen) atoms. The van der Waals surface area contributed by atoms with E-state index in [0.717, 1.165) is 11.3 Å². The molecular formula is C27H27N3O4. The lowest BCUT2D eigenvalue weighted by atomic mass is 9.88. The van der Waals surface area contributed by atoms with E-state index in [2.05, 4.69) is 0 Å². The third-order valence-electron chi connectivity index (χ3n) is 6.16. The molecule has 0 spiro atoms. The number of fused-ring (bicyclic) bond motifs is 1. The Hall–Kier alpha value is -4.00. The fourth-order valence-electron chi connectivity index (χ4n) is 4.56. The van der Waals surface area contributed by atoms with E-state index in [-0.39, 0.29) is 41.1 Å². The first-order valence-electron chi connectivity index (χ1n) is 11.3. The van der Waals surface area contributed by atoms with Gasteiger partial charge >= 0.3 is 0 Å². The van der Waals surface area contributed by atoms with Crippen LogP contribution >= 0.6 is 0 Å². The zero-order valence-electron chi connectivity index (χ0n) is 19.4. The molecule has 7 heteroatoms. The molecule has 0 unspecified atom stereocenters. The van der Waals surface area contributed by atoms with Crippen LogP contribution in [0.4, 0.5) is 17.1 Å². The van der Waals surface area contributed by atoms with Crippen molar-refractivity contribution in [2.24, 2.45) is 5.92 Å². The summed E-state index contributed by atoms with van der Waals surface area (Å²) < 4.78 is 0. The van der Waals surface area contributed by atoms with Crippen molar-refractivity contribution in [1.29, 1.82) is 0 Å². The van der Waals surface area contributed by atoms with Gasteiger partial charge in [0.15, 0.2) is 0 Å². The number of carbonyl (C=O) groups is 2. The molecule has 1 heterocycles. The summed E-state index contributed by atoms with van der Waals surface area (Å²) in [4.78, 5) is 41.3. The average Bonchev–Trinajstić information content (AvgIpc) is 2.84. The van der Waals surface area contributed by atoms with E-state index < -0.39 is 4.92 Å². The molecule has 1 aliphatic heterocycles. The van der Waals surface area contributed by atoms with E-state index in [1.54, 1.807) is 11.0 Å². The van der Waals surface area contributed by atoms with Crippen molar-refractivity contribution < 1.29 is 14.5 Å². The zero-order chi connectivity index (χ0) is 24.4. The fraction of sp³-hybridized carbons (Fsp3) is 0.259. The molecular weight excluding hydrogens is 430 g/mol. The SMILES string of the molecule is CC(C)C(=O)N1c2ccccc2[C@@H](N(C(=O)c2cccc([N+](=O)[O-])c2)c2ccccc2)C[C@@H]1C. The maximum atomic E-state index is 13.9. The lowest BCUT2D eigenvalue weighted by Crippen LogP contribution is -2.49. The quantitative estimate of drug-likeness (QED) is 0.360. The Bertz CT molecular complexity index is 1230. The van der Waals surface area contributed by atoms with E-state index in [9.17, 15) is 19.7 Å². The van der Waals surface area contributed by atoms with E-state index in [4.69, 9.17) is 0 Å². The number of non-ortho nitro benzene ring substituents is 1. The summed E-state index contributed by atoms with van der Waals surface area (Å²) in [6.45, 7) is 5.75. The minimum Gasteiger partial charge on any atom is -0.309 e. The lowest BCUT2D eigenvalue weighted by Gasteiger charge is -2.44. The first kappa shape index (κ1) is 23.2. The van der Waals surface area contributed by atoms with E-state index in [1.807, 2.05) is 80.3 Å².